The van der Waals surface area contributed by atoms with Gasteiger partial charge in [-0.05, 0) is 69.0 Å². The molecule has 0 spiro atoms. The van der Waals surface area contributed by atoms with Crippen molar-refractivity contribution in [3.8, 4) is 23.1 Å². The molecule has 5 rings (SSSR count). The predicted octanol–water partition coefficient (Wildman–Crippen LogP) is 5.94. The highest BCUT2D eigenvalue weighted by molar-refractivity contribution is 6.30. The van der Waals surface area contributed by atoms with Crippen molar-refractivity contribution in [1.82, 2.24) is 14.7 Å². The lowest BCUT2D eigenvalue weighted by Crippen LogP contribution is -2.42. The molecule has 1 saturated carbocycles. The molecule has 2 aliphatic rings. The Morgan fingerprint density at radius 1 is 1.11 bits per heavy atom. The number of carbonyl (C=O) groups is 1. The van der Waals surface area contributed by atoms with Crippen LogP contribution in [-0.2, 0) is 16.1 Å². The van der Waals surface area contributed by atoms with E-state index in [0.717, 1.165) is 55.7 Å². The molecule has 0 N–H and O–H groups in total. The maximum atomic E-state index is 13.5. The molecule has 2 fully saturated rings. The molecule has 36 heavy (non-hydrogen) atoms. The Morgan fingerprint density at radius 3 is 2.50 bits per heavy atom. The average Bonchev–Trinajstić information content (AvgIpc) is 3.47. The summed E-state index contributed by atoms with van der Waals surface area (Å²) >= 11 is 6.14. The van der Waals surface area contributed by atoms with Gasteiger partial charge in [-0.2, -0.15) is 5.10 Å². The molecule has 2 aromatic carbocycles. The molecule has 0 bridgehead atoms. The standard InChI is InChI=1S/C28H32ClN3O4/c1-19-24(18-31(17-23-9-6-16-35-23)27(33)20-7-5-8-20)28(36-26-11-4-3-10-25(26)34-2)32(30-19)22-14-12-21(29)13-15-22/h3-4,10-15,20,23H,5-9,16-18H2,1-2H3/t23-/m0/s1. The smallest absolute Gasteiger partial charge is 0.228 e. The van der Waals surface area contributed by atoms with E-state index in [9.17, 15) is 4.79 Å². The van der Waals surface area contributed by atoms with Gasteiger partial charge in [0.2, 0.25) is 11.8 Å². The number of nitrogens with zero attached hydrogens (tertiary/aromatic N) is 3. The molecule has 3 aromatic rings. The number of hydrogen-bond acceptors (Lipinski definition) is 5. The van der Waals surface area contributed by atoms with Gasteiger partial charge >= 0.3 is 0 Å². The number of hydrogen-bond donors (Lipinski definition) is 0. The van der Waals surface area contributed by atoms with E-state index in [0.29, 0.717) is 35.5 Å². The zero-order valence-electron chi connectivity index (χ0n) is 20.8. The number of ether oxygens (including phenoxy) is 3. The van der Waals surface area contributed by atoms with Crippen molar-refractivity contribution < 1.29 is 19.0 Å². The number of halogens is 1. The van der Waals surface area contributed by atoms with Gasteiger partial charge in [-0.25, -0.2) is 4.68 Å². The Hall–Kier alpha value is -3.03. The van der Waals surface area contributed by atoms with Crippen molar-refractivity contribution in [2.75, 3.05) is 20.3 Å². The maximum absolute atomic E-state index is 13.5. The molecule has 190 valence electrons. The largest absolute Gasteiger partial charge is 0.493 e. The number of amides is 1. The highest BCUT2D eigenvalue weighted by Gasteiger charge is 2.33. The summed E-state index contributed by atoms with van der Waals surface area (Å²) in [6.45, 7) is 3.69. The van der Waals surface area contributed by atoms with Gasteiger partial charge in [-0.1, -0.05) is 30.2 Å². The third-order valence-electron chi connectivity index (χ3n) is 7.05. The molecule has 1 amide bonds. The fourth-order valence-corrected chi connectivity index (χ4v) is 4.89. The first-order valence-electron chi connectivity index (χ1n) is 12.6. The molecule has 2 heterocycles. The summed E-state index contributed by atoms with van der Waals surface area (Å²) in [5.74, 6) is 2.03. The molecule has 0 radical (unpaired) electrons. The zero-order chi connectivity index (χ0) is 25.1. The minimum absolute atomic E-state index is 0.0687. The van der Waals surface area contributed by atoms with Crippen molar-refractivity contribution in [1.29, 1.82) is 0 Å². The number of aryl methyl sites for hydroxylation is 1. The van der Waals surface area contributed by atoms with Gasteiger partial charge in [0.05, 0.1) is 36.7 Å². The third kappa shape index (κ3) is 5.22. The van der Waals surface area contributed by atoms with Crippen LogP contribution in [0.1, 0.15) is 43.4 Å². The van der Waals surface area contributed by atoms with Crippen LogP contribution in [0.15, 0.2) is 48.5 Å². The second kappa shape index (κ2) is 10.9. The highest BCUT2D eigenvalue weighted by atomic mass is 35.5. The minimum atomic E-state index is 0.0687. The molecule has 1 aliphatic carbocycles. The highest BCUT2D eigenvalue weighted by Crippen LogP contribution is 2.37. The van der Waals surface area contributed by atoms with E-state index in [-0.39, 0.29) is 17.9 Å². The Labute approximate surface area is 216 Å². The van der Waals surface area contributed by atoms with Crippen LogP contribution in [0.5, 0.6) is 17.4 Å². The first-order chi connectivity index (χ1) is 17.5. The van der Waals surface area contributed by atoms with Crippen molar-refractivity contribution in [3.63, 3.8) is 0 Å². The second-order valence-corrected chi connectivity index (χ2v) is 9.93. The van der Waals surface area contributed by atoms with Gasteiger partial charge in [-0.15, -0.1) is 0 Å². The number of rotatable bonds is 9. The minimum Gasteiger partial charge on any atom is -0.493 e. The molecule has 0 unspecified atom stereocenters. The topological polar surface area (TPSA) is 65.8 Å². The van der Waals surface area contributed by atoms with E-state index in [1.54, 1.807) is 11.8 Å². The van der Waals surface area contributed by atoms with Crippen molar-refractivity contribution >= 4 is 17.5 Å². The van der Waals surface area contributed by atoms with Crippen LogP contribution < -0.4 is 9.47 Å². The molecule has 1 aliphatic heterocycles. The van der Waals surface area contributed by atoms with Crippen LogP contribution in [0.4, 0.5) is 0 Å². The van der Waals surface area contributed by atoms with E-state index >= 15 is 0 Å². The lowest BCUT2D eigenvalue weighted by molar-refractivity contribution is -0.140. The van der Waals surface area contributed by atoms with Crippen molar-refractivity contribution in [3.05, 3.63) is 64.8 Å². The number of aromatic nitrogens is 2. The SMILES string of the molecule is COc1ccccc1Oc1c(CN(C[C@@H]2CCCO2)C(=O)C2CCC2)c(C)nn1-c1ccc(Cl)cc1. The summed E-state index contributed by atoms with van der Waals surface area (Å²) in [5.41, 5.74) is 2.48. The van der Waals surface area contributed by atoms with Crippen LogP contribution in [0, 0.1) is 12.8 Å². The van der Waals surface area contributed by atoms with Gasteiger partial charge in [-0.3, -0.25) is 4.79 Å². The van der Waals surface area contributed by atoms with E-state index < -0.39 is 0 Å². The van der Waals surface area contributed by atoms with Crippen LogP contribution in [0.25, 0.3) is 5.69 Å². The lowest BCUT2D eigenvalue weighted by atomic mass is 9.84. The van der Waals surface area contributed by atoms with Crippen molar-refractivity contribution in [2.45, 2.75) is 51.7 Å². The Bertz CT molecular complexity index is 1200. The van der Waals surface area contributed by atoms with E-state index in [2.05, 4.69) is 0 Å². The monoisotopic (exact) mass is 509 g/mol. The number of benzene rings is 2. The van der Waals surface area contributed by atoms with Crippen LogP contribution >= 0.6 is 11.6 Å². The predicted molar refractivity (Wildman–Crippen MR) is 138 cm³/mol. The van der Waals surface area contributed by atoms with Crippen LogP contribution in [0.3, 0.4) is 0 Å². The van der Waals surface area contributed by atoms with Gasteiger partial charge in [0.15, 0.2) is 11.5 Å². The van der Waals surface area contributed by atoms with Crippen LogP contribution in [0.2, 0.25) is 5.02 Å². The fourth-order valence-electron chi connectivity index (χ4n) is 4.76. The maximum Gasteiger partial charge on any atom is 0.228 e. The Kier molecular flexibility index (Phi) is 7.48. The van der Waals surface area contributed by atoms with Gasteiger partial charge in [0, 0.05) is 24.1 Å². The van der Waals surface area contributed by atoms with E-state index in [4.69, 9.17) is 30.9 Å². The summed E-state index contributed by atoms with van der Waals surface area (Å²) in [7, 11) is 1.62. The number of methoxy groups -OCH3 is 1. The molecule has 8 heteroatoms. The van der Waals surface area contributed by atoms with Crippen molar-refractivity contribution in [2.24, 2.45) is 5.92 Å². The van der Waals surface area contributed by atoms with Gasteiger partial charge in [0.25, 0.3) is 0 Å². The lowest BCUT2D eigenvalue weighted by Gasteiger charge is -2.33. The fraction of sp³-hybridized carbons (Fsp3) is 0.429. The summed E-state index contributed by atoms with van der Waals surface area (Å²) in [4.78, 5) is 15.4. The number of para-hydroxylation sites is 2. The zero-order valence-corrected chi connectivity index (χ0v) is 21.5. The second-order valence-electron chi connectivity index (χ2n) is 9.49. The summed E-state index contributed by atoms with van der Waals surface area (Å²) < 4.78 is 19.7. The first-order valence-corrected chi connectivity index (χ1v) is 13.0. The van der Waals surface area contributed by atoms with E-state index in [1.807, 2.05) is 60.4 Å². The van der Waals surface area contributed by atoms with E-state index in [1.165, 1.54) is 0 Å². The molecule has 7 nitrogen and oxygen atoms in total. The molecule has 1 aromatic heterocycles. The quantitative estimate of drug-likeness (QED) is 0.357. The van der Waals surface area contributed by atoms with Gasteiger partial charge < -0.3 is 19.1 Å². The number of carbonyl (C=O) groups excluding carboxylic acids is 1. The molecular weight excluding hydrogens is 478 g/mol. The summed E-state index contributed by atoms with van der Waals surface area (Å²) in [6.07, 6.45) is 5.09. The Morgan fingerprint density at radius 2 is 1.86 bits per heavy atom. The molecule has 1 saturated heterocycles. The first kappa shape index (κ1) is 24.7. The average molecular weight is 510 g/mol. The summed E-state index contributed by atoms with van der Waals surface area (Å²) in [5, 5.41) is 5.47. The van der Waals surface area contributed by atoms with Crippen LogP contribution in [-0.4, -0.2) is 47.0 Å². The molecule has 1 atom stereocenters. The summed E-state index contributed by atoms with van der Waals surface area (Å²) in [6, 6.07) is 15.0. The molecular formula is C28H32ClN3O4. The normalized spacial score (nSPS) is 17.6. The Balaban J connectivity index is 1.54. The third-order valence-corrected chi connectivity index (χ3v) is 7.30. The van der Waals surface area contributed by atoms with Gasteiger partial charge in [0.1, 0.15) is 0 Å².